The quantitative estimate of drug-likeness (QED) is 0.668. The van der Waals surface area contributed by atoms with Gasteiger partial charge < -0.3 is 15.5 Å². The molecule has 6 nitrogen and oxygen atoms in total. The fourth-order valence-electron chi connectivity index (χ4n) is 1.27. The number of amides is 1. The van der Waals surface area contributed by atoms with Gasteiger partial charge in [-0.05, 0) is 12.1 Å². The van der Waals surface area contributed by atoms with Crippen LogP contribution < -0.4 is 5.32 Å². The van der Waals surface area contributed by atoms with Gasteiger partial charge >= 0.3 is 0 Å². The van der Waals surface area contributed by atoms with Crippen LogP contribution in [0.5, 0.6) is 11.5 Å². The number of rotatable bonds is 5. The van der Waals surface area contributed by atoms with Crippen LogP contribution in [0.4, 0.5) is 0 Å². The molecule has 1 rings (SSSR count). The number of phenols is 2. The highest BCUT2D eigenvalue weighted by atomic mass is 32.2. The molecule has 0 radical (unpaired) electrons. The van der Waals surface area contributed by atoms with E-state index in [1.807, 2.05) is 0 Å². The maximum absolute atomic E-state index is 11.6. The smallest absolute Gasteiger partial charge is 0.255 e. The molecule has 0 unspecified atom stereocenters. The molecule has 0 saturated carbocycles. The molecule has 0 spiro atoms. The topological polar surface area (TPSA) is 104 Å². The van der Waals surface area contributed by atoms with E-state index in [9.17, 15) is 23.4 Å². The number of hydrogen-bond acceptors (Lipinski definition) is 5. The first-order valence-corrected chi connectivity index (χ1v) is 7.19. The van der Waals surface area contributed by atoms with Crippen LogP contribution in [0.1, 0.15) is 17.3 Å². The molecule has 0 aliphatic heterocycles. The van der Waals surface area contributed by atoms with E-state index in [1.165, 1.54) is 25.1 Å². The van der Waals surface area contributed by atoms with Crippen molar-refractivity contribution < 1.29 is 23.4 Å². The van der Waals surface area contributed by atoms with Gasteiger partial charge in [0.15, 0.2) is 21.3 Å². The van der Waals surface area contributed by atoms with Gasteiger partial charge in [0.1, 0.15) is 0 Å². The van der Waals surface area contributed by atoms with Crippen LogP contribution in [-0.4, -0.2) is 42.6 Å². The number of nitrogens with one attached hydrogen (secondary N) is 1. The minimum atomic E-state index is -3.14. The Balaban J connectivity index is 2.64. The maximum atomic E-state index is 11.6. The van der Waals surface area contributed by atoms with Crippen molar-refractivity contribution in [1.29, 1.82) is 0 Å². The number of aromatic hydroxyl groups is 2. The molecule has 0 aliphatic rings. The second-order valence-electron chi connectivity index (χ2n) is 3.67. The van der Waals surface area contributed by atoms with Crippen molar-refractivity contribution >= 4 is 15.7 Å². The molecule has 0 aliphatic carbocycles. The third kappa shape index (κ3) is 3.63. The molecule has 1 aromatic carbocycles. The molecule has 0 saturated heterocycles. The van der Waals surface area contributed by atoms with Crippen LogP contribution in [0.15, 0.2) is 18.2 Å². The van der Waals surface area contributed by atoms with E-state index >= 15 is 0 Å². The fourth-order valence-corrected chi connectivity index (χ4v) is 1.98. The molecule has 0 bridgehead atoms. The molecule has 0 fully saturated rings. The molecule has 18 heavy (non-hydrogen) atoms. The summed E-state index contributed by atoms with van der Waals surface area (Å²) < 4.78 is 22.4. The van der Waals surface area contributed by atoms with Crippen molar-refractivity contribution in [3.05, 3.63) is 23.8 Å². The van der Waals surface area contributed by atoms with Gasteiger partial charge in [0.05, 0.1) is 11.3 Å². The van der Waals surface area contributed by atoms with Gasteiger partial charge in [0.2, 0.25) is 0 Å². The van der Waals surface area contributed by atoms with Crippen molar-refractivity contribution in [1.82, 2.24) is 5.32 Å². The third-order valence-electron chi connectivity index (χ3n) is 2.40. The average molecular weight is 273 g/mol. The van der Waals surface area contributed by atoms with Crippen molar-refractivity contribution in [2.24, 2.45) is 0 Å². The van der Waals surface area contributed by atoms with Crippen LogP contribution in [0, 0.1) is 0 Å². The Bertz CT molecular complexity index is 538. The van der Waals surface area contributed by atoms with Crippen molar-refractivity contribution in [2.75, 3.05) is 18.1 Å². The van der Waals surface area contributed by atoms with Gasteiger partial charge in [-0.2, -0.15) is 0 Å². The number of para-hydroxylation sites is 1. The van der Waals surface area contributed by atoms with E-state index in [0.29, 0.717) is 0 Å². The second kappa shape index (κ2) is 5.72. The fraction of sp³-hybridized carbons (Fsp3) is 0.364. The molecular formula is C11H15NO5S. The largest absolute Gasteiger partial charge is 0.504 e. The summed E-state index contributed by atoms with van der Waals surface area (Å²) in [6.07, 6.45) is 0. The Morgan fingerprint density at radius 1 is 1.33 bits per heavy atom. The molecule has 1 aromatic rings. The molecular weight excluding hydrogens is 258 g/mol. The lowest BCUT2D eigenvalue weighted by Crippen LogP contribution is -2.29. The molecule has 0 atom stereocenters. The highest BCUT2D eigenvalue weighted by molar-refractivity contribution is 7.91. The zero-order valence-corrected chi connectivity index (χ0v) is 10.7. The van der Waals surface area contributed by atoms with Crippen molar-refractivity contribution in [3.63, 3.8) is 0 Å². The number of carbonyl (C=O) groups excluding carboxylic acids is 1. The van der Waals surface area contributed by atoms with Crippen molar-refractivity contribution in [3.8, 4) is 11.5 Å². The molecule has 1 amide bonds. The SMILES string of the molecule is CCS(=O)(=O)CCNC(=O)c1cccc(O)c1O. The lowest BCUT2D eigenvalue weighted by molar-refractivity contribution is 0.0953. The monoisotopic (exact) mass is 273 g/mol. The lowest BCUT2D eigenvalue weighted by Gasteiger charge is -2.07. The molecule has 0 heterocycles. The van der Waals surface area contributed by atoms with Gasteiger partial charge in [-0.3, -0.25) is 4.79 Å². The van der Waals surface area contributed by atoms with Crippen LogP contribution in [-0.2, 0) is 9.84 Å². The number of carbonyl (C=O) groups is 1. The van der Waals surface area contributed by atoms with Gasteiger partial charge in [0.25, 0.3) is 5.91 Å². The standard InChI is InChI=1S/C11H15NO5S/c1-2-18(16,17)7-6-12-11(15)8-4-3-5-9(13)10(8)14/h3-5,13-14H,2,6-7H2,1H3,(H,12,15). The Kier molecular flexibility index (Phi) is 4.55. The summed E-state index contributed by atoms with van der Waals surface area (Å²) in [4.78, 5) is 11.6. The van der Waals surface area contributed by atoms with Crippen LogP contribution in [0.25, 0.3) is 0 Å². The highest BCUT2D eigenvalue weighted by Gasteiger charge is 2.14. The minimum Gasteiger partial charge on any atom is -0.504 e. The van der Waals surface area contributed by atoms with Gasteiger partial charge in [0, 0.05) is 12.3 Å². The molecule has 100 valence electrons. The maximum Gasteiger partial charge on any atom is 0.255 e. The summed E-state index contributed by atoms with van der Waals surface area (Å²) in [6.45, 7) is 1.49. The van der Waals surface area contributed by atoms with Crippen LogP contribution in [0.3, 0.4) is 0 Å². The summed E-state index contributed by atoms with van der Waals surface area (Å²) in [5.74, 6) is -1.69. The predicted octanol–water partition coefficient (Wildman–Crippen LogP) is 0.262. The predicted molar refractivity (Wildman–Crippen MR) is 66.4 cm³/mol. The Hall–Kier alpha value is -1.76. The van der Waals surface area contributed by atoms with Gasteiger partial charge in [-0.15, -0.1) is 0 Å². The lowest BCUT2D eigenvalue weighted by atomic mass is 10.2. The zero-order chi connectivity index (χ0) is 13.8. The summed E-state index contributed by atoms with van der Waals surface area (Å²) >= 11 is 0. The molecule has 7 heteroatoms. The van der Waals surface area contributed by atoms with E-state index in [1.54, 1.807) is 0 Å². The van der Waals surface area contributed by atoms with Crippen LogP contribution >= 0.6 is 0 Å². The second-order valence-corrected chi connectivity index (χ2v) is 6.14. The number of phenolic OH excluding ortho intramolecular Hbond substituents is 2. The number of benzene rings is 1. The van der Waals surface area contributed by atoms with Gasteiger partial charge in [-0.1, -0.05) is 13.0 Å². The summed E-state index contributed by atoms with van der Waals surface area (Å²) in [6, 6.07) is 3.99. The first-order valence-electron chi connectivity index (χ1n) is 5.37. The highest BCUT2D eigenvalue weighted by Crippen LogP contribution is 2.27. The Labute approximate surface area is 105 Å². The van der Waals surface area contributed by atoms with Crippen LogP contribution in [0.2, 0.25) is 0 Å². The third-order valence-corrected chi connectivity index (χ3v) is 4.10. The normalized spacial score (nSPS) is 11.2. The first kappa shape index (κ1) is 14.3. The van der Waals surface area contributed by atoms with E-state index in [4.69, 9.17) is 0 Å². The Morgan fingerprint density at radius 2 is 2.00 bits per heavy atom. The van der Waals surface area contributed by atoms with E-state index in [2.05, 4.69) is 5.32 Å². The minimum absolute atomic E-state index is 0.0141. The first-order chi connectivity index (χ1) is 8.37. The zero-order valence-electron chi connectivity index (χ0n) is 9.88. The Morgan fingerprint density at radius 3 is 2.61 bits per heavy atom. The molecule has 0 aromatic heterocycles. The summed E-state index contributed by atoms with van der Waals surface area (Å²) in [5.41, 5.74) is -0.0936. The van der Waals surface area contributed by atoms with E-state index in [-0.39, 0.29) is 23.6 Å². The van der Waals surface area contributed by atoms with E-state index < -0.39 is 27.2 Å². The van der Waals surface area contributed by atoms with E-state index in [0.717, 1.165) is 0 Å². The number of hydrogen-bond donors (Lipinski definition) is 3. The average Bonchev–Trinajstić information content (AvgIpc) is 2.32. The summed E-state index contributed by atoms with van der Waals surface area (Å²) in [7, 11) is -3.14. The number of sulfone groups is 1. The summed E-state index contributed by atoms with van der Waals surface area (Å²) in [5, 5.41) is 21.0. The van der Waals surface area contributed by atoms with Gasteiger partial charge in [-0.25, -0.2) is 8.42 Å². The molecule has 3 N–H and O–H groups in total. The van der Waals surface area contributed by atoms with Crippen molar-refractivity contribution in [2.45, 2.75) is 6.92 Å².